The molecule has 0 aliphatic heterocycles. The van der Waals surface area contributed by atoms with Crippen molar-refractivity contribution in [2.24, 2.45) is 5.92 Å². The number of sulfone groups is 1. The highest BCUT2D eigenvalue weighted by molar-refractivity contribution is 7.92. The van der Waals surface area contributed by atoms with Crippen LogP contribution in [0.5, 0.6) is 0 Å². The third-order valence-electron chi connectivity index (χ3n) is 7.90. The van der Waals surface area contributed by atoms with E-state index in [1.54, 1.807) is 0 Å². The lowest BCUT2D eigenvalue weighted by Gasteiger charge is -2.38. The minimum absolute atomic E-state index is 0.00945. The number of rotatable bonds is 9. The molecule has 0 spiro atoms. The summed E-state index contributed by atoms with van der Waals surface area (Å²) in [4.78, 5) is 11.5. The third-order valence-corrected chi connectivity index (χ3v) is 10.4. The average molecular weight is 653 g/mol. The van der Waals surface area contributed by atoms with E-state index in [1.807, 2.05) is 0 Å². The zero-order chi connectivity index (χ0) is 32.7. The number of benzene rings is 3. The molecule has 0 saturated heterocycles. The number of Topliss-reactive ketones (excluding diaryl/α,β-unsaturated/α-hetero) is 1. The van der Waals surface area contributed by atoms with Crippen LogP contribution in [0.1, 0.15) is 49.3 Å². The quantitative estimate of drug-likeness (QED) is 0.173. The predicted molar refractivity (Wildman–Crippen MR) is 139 cm³/mol. The van der Waals surface area contributed by atoms with Crippen LogP contribution in [-0.2, 0) is 36.3 Å². The summed E-state index contributed by atoms with van der Waals surface area (Å²) in [6.07, 6.45) is -12.5. The fraction of sp³-hybridized carbons (Fsp3) is 0.367. The first-order valence-corrected chi connectivity index (χ1v) is 14.6. The van der Waals surface area contributed by atoms with E-state index < -0.39 is 73.6 Å². The van der Waals surface area contributed by atoms with Gasteiger partial charge in [-0.15, -0.1) is 0 Å². The van der Waals surface area contributed by atoms with Gasteiger partial charge in [-0.1, -0.05) is 30.3 Å². The molecule has 4 nitrogen and oxygen atoms in total. The monoisotopic (exact) mass is 652 g/mol. The molecule has 3 aromatic rings. The molecule has 2 atom stereocenters. The van der Waals surface area contributed by atoms with Gasteiger partial charge in [-0.05, 0) is 74.1 Å². The first-order valence-electron chi connectivity index (χ1n) is 13.2. The molecular weight excluding hydrogens is 627 g/mol. The van der Waals surface area contributed by atoms with Gasteiger partial charge in [-0.25, -0.2) is 21.6 Å². The lowest BCUT2D eigenvalue weighted by atomic mass is 9.87. The number of ether oxygens (including phenoxy) is 1. The Bertz CT molecular complexity index is 1580. The smallest absolute Gasteiger partial charge is 0.349 e. The van der Waals surface area contributed by atoms with Gasteiger partial charge in [-0.3, -0.25) is 0 Å². The Balaban J connectivity index is 1.85. The molecule has 4 rings (SSSR count). The van der Waals surface area contributed by atoms with E-state index in [0.29, 0.717) is 24.3 Å². The van der Waals surface area contributed by atoms with Crippen molar-refractivity contribution in [1.82, 2.24) is 0 Å². The second-order valence-electron chi connectivity index (χ2n) is 10.7. The van der Waals surface area contributed by atoms with Crippen LogP contribution in [0, 0.1) is 23.4 Å². The molecule has 3 aromatic carbocycles. The summed E-state index contributed by atoms with van der Waals surface area (Å²) in [5, 5.41) is 0. The lowest BCUT2D eigenvalue weighted by molar-refractivity contribution is -0.392. The molecule has 0 heterocycles. The lowest BCUT2D eigenvalue weighted by Crippen LogP contribution is -2.56. The molecule has 0 bridgehead atoms. The van der Waals surface area contributed by atoms with Gasteiger partial charge in [0.2, 0.25) is 0 Å². The van der Waals surface area contributed by atoms with Crippen molar-refractivity contribution < 1.29 is 57.5 Å². The molecule has 0 aromatic heterocycles. The Morgan fingerprint density at radius 2 is 1.41 bits per heavy atom. The van der Waals surface area contributed by atoms with Gasteiger partial charge < -0.3 is 9.53 Å². The van der Waals surface area contributed by atoms with Gasteiger partial charge in [0.05, 0.1) is 11.5 Å². The second-order valence-corrected chi connectivity index (χ2v) is 13.0. The molecule has 1 aliphatic rings. The van der Waals surface area contributed by atoms with E-state index in [1.165, 1.54) is 6.92 Å². The predicted octanol–water partition coefficient (Wildman–Crippen LogP) is 8.09. The van der Waals surface area contributed by atoms with Crippen molar-refractivity contribution in [3.8, 4) is 0 Å². The molecule has 0 N–H and O–H groups in total. The SMILES string of the molecule is CC(=O)CC1CCC(c2ccc(C(OCc3c(F)cccc3F)(C(F)(F)F)C(F)(F)F)cc2)(S(=O)(=O)c2ccc(F)cc2)C1. The molecule has 1 aliphatic carbocycles. The third kappa shape index (κ3) is 5.85. The van der Waals surface area contributed by atoms with Crippen molar-refractivity contribution in [3.05, 3.63) is 101 Å². The van der Waals surface area contributed by atoms with Crippen molar-refractivity contribution in [1.29, 1.82) is 0 Å². The highest BCUT2D eigenvalue weighted by Gasteiger charge is 2.73. The molecule has 1 saturated carbocycles. The van der Waals surface area contributed by atoms with Crippen LogP contribution in [0.4, 0.5) is 39.5 Å². The molecule has 0 radical (unpaired) electrons. The molecule has 238 valence electrons. The van der Waals surface area contributed by atoms with Crippen LogP contribution < -0.4 is 0 Å². The number of carbonyl (C=O) groups excluding carboxylic acids is 1. The summed E-state index contributed by atoms with van der Waals surface area (Å²) in [6, 6.07) is 8.33. The summed E-state index contributed by atoms with van der Waals surface area (Å²) in [5.74, 6) is -4.30. The van der Waals surface area contributed by atoms with Gasteiger partial charge >= 0.3 is 12.4 Å². The fourth-order valence-electron chi connectivity index (χ4n) is 5.78. The number of ketones is 1. The molecule has 14 heteroatoms. The number of hydrogen-bond acceptors (Lipinski definition) is 4. The maximum atomic E-state index is 14.4. The van der Waals surface area contributed by atoms with Crippen molar-refractivity contribution in [2.75, 3.05) is 0 Å². The van der Waals surface area contributed by atoms with Crippen LogP contribution in [0.3, 0.4) is 0 Å². The Morgan fingerprint density at radius 1 is 0.864 bits per heavy atom. The van der Waals surface area contributed by atoms with Crippen LogP contribution >= 0.6 is 0 Å². The van der Waals surface area contributed by atoms with Gasteiger partial charge in [0.25, 0.3) is 5.60 Å². The summed E-state index contributed by atoms with van der Waals surface area (Å²) < 4.78 is 158. The number of halogens is 9. The first kappa shape index (κ1) is 33.5. The van der Waals surface area contributed by atoms with Gasteiger partial charge in [0.1, 0.15) is 28.0 Å². The summed E-state index contributed by atoms with van der Waals surface area (Å²) >= 11 is 0. The summed E-state index contributed by atoms with van der Waals surface area (Å²) in [5.41, 5.74) is -7.88. The Hall–Kier alpha value is -3.39. The van der Waals surface area contributed by atoms with E-state index in [-0.39, 0.29) is 41.9 Å². The largest absolute Gasteiger partial charge is 0.430 e. The van der Waals surface area contributed by atoms with Crippen LogP contribution in [0.2, 0.25) is 0 Å². The maximum Gasteiger partial charge on any atom is 0.430 e. The van der Waals surface area contributed by atoms with E-state index >= 15 is 0 Å². The topological polar surface area (TPSA) is 60.4 Å². The minimum Gasteiger partial charge on any atom is -0.349 e. The minimum atomic E-state index is -6.19. The highest BCUT2D eigenvalue weighted by Crippen LogP contribution is 2.55. The molecule has 0 amide bonds. The summed E-state index contributed by atoms with van der Waals surface area (Å²) in [6.45, 7) is -0.445. The number of hydrogen-bond donors (Lipinski definition) is 0. The Labute approximate surface area is 246 Å². The standard InChI is InChI=1S/C30H25F9O4S/c1-18(40)15-19-13-14-27(16-19,44(41,42)23-11-9-22(31)10-12-23)20-5-7-21(8-6-20)28(29(34,35)36,30(37,38)39)43-17-24-25(32)3-2-4-26(24)33/h2-12,19H,13-17H2,1H3. The average Bonchev–Trinajstić information content (AvgIpc) is 3.34. The second kappa shape index (κ2) is 11.8. The van der Waals surface area contributed by atoms with E-state index in [0.717, 1.165) is 42.5 Å². The number of carbonyl (C=O) groups is 1. The van der Waals surface area contributed by atoms with E-state index in [9.17, 15) is 52.7 Å². The van der Waals surface area contributed by atoms with Crippen molar-refractivity contribution in [2.45, 2.75) is 66.8 Å². The van der Waals surface area contributed by atoms with Gasteiger partial charge in [0, 0.05) is 17.5 Å². The van der Waals surface area contributed by atoms with Crippen LogP contribution in [0.25, 0.3) is 0 Å². The Morgan fingerprint density at radius 3 is 1.91 bits per heavy atom. The molecule has 2 unspecified atom stereocenters. The maximum absolute atomic E-state index is 14.4. The molecular formula is C30H25F9O4S. The van der Waals surface area contributed by atoms with Crippen molar-refractivity contribution >= 4 is 15.6 Å². The van der Waals surface area contributed by atoms with E-state index in [4.69, 9.17) is 0 Å². The highest BCUT2D eigenvalue weighted by atomic mass is 32.2. The van der Waals surface area contributed by atoms with Crippen LogP contribution in [0.15, 0.2) is 71.6 Å². The Kier molecular flexibility index (Phi) is 9.02. The molecule has 44 heavy (non-hydrogen) atoms. The van der Waals surface area contributed by atoms with Crippen LogP contribution in [-0.4, -0.2) is 26.6 Å². The van der Waals surface area contributed by atoms with Crippen molar-refractivity contribution in [3.63, 3.8) is 0 Å². The fourth-order valence-corrected chi connectivity index (χ4v) is 8.02. The summed E-state index contributed by atoms with van der Waals surface area (Å²) in [7, 11) is -4.44. The number of alkyl halides is 6. The first-order chi connectivity index (χ1) is 20.4. The zero-order valence-corrected chi connectivity index (χ0v) is 23.7. The van der Waals surface area contributed by atoms with Gasteiger partial charge in [0.15, 0.2) is 9.84 Å². The zero-order valence-electron chi connectivity index (χ0n) is 22.9. The normalized spacial score (nSPS) is 19.7. The van der Waals surface area contributed by atoms with E-state index in [2.05, 4.69) is 4.74 Å². The molecule has 1 fully saturated rings. The van der Waals surface area contributed by atoms with Gasteiger partial charge in [-0.2, -0.15) is 26.3 Å².